The molecule has 1 saturated heterocycles. The van der Waals surface area contributed by atoms with Crippen molar-refractivity contribution < 1.29 is 14.3 Å². The van der Waals surface area contributed by atoms with Gasteiger partial charge in [-0.1, -0.05) is 0 Å². The zero-order valence-electron chi connectivity index (χ0n) is 14.9. The van der Waals surface area contributed by atoms with Gasteiger partial charge in [-0.25, -0.2) is 9.20 Å². The summed E-state index contributed by atoms with van der Waals surface area (Å²) in [7, 11) is 1.60. The first-order valence-electron chi connectivity index (χ1n) is 8.61. The maximum absolute atomic E-state index is 12.7. The van der Waals surface area contributed by atoms with Crippen molar-refractivity contribution in [2.75, 3.05) is 33.4 Å². The fourth-order valence-electron chi connectivity index (χ4n) is 2.99. The highest BCUT2D eigenvalue weighted by molar-refractivity contribution is 5.76. The molecular weight excluding hydrogens is 350 g/mol. The van der Waals surface area contributed by atoms with E-state index in [-0.39, 0.29) is 18.0 Å². The molecule has 27 heavy (non-hydrogen) atoms. The van der Waals surface area contributed by atoms with Gasteiger partial charge in [-0.15, -0.1) is 0 Å². The Morgan fingerprint density at radius 3 is 2.67 bits per heavy atom. The van der Waals surface area contributed by atoms with E-state index < -0.39 is 0 Å². The summed E-state index contributed by atoms with van der Waals surface area (Å²) in [6, 6.07) is 9.10. The van der Waals surface area contributed by atoms with Crippen molar-refractivity contribution >= 4 is 11.4 Å². The number of benzene rings is 1. The zero-order valence-corrected chi connectivity index (χ0v) is 14.9. The van der Waals surface area contributed by atoms with Crippen LogP contribution in [0.4, 0.5) is 0 Å². The van der Waals surface area contributed by atoms with Crippen LogP contribution in [0.3, 0.4) is 0 Å². The number of aromatic nitrogens is 4. The van der Waals surface area contributed by atoms with Crippen LogP contribution in [0.15, 0.2) is 41.5 Å². The van der Waals surface area contributed by atoms with Gasteiger partial charge in [0, 0.05) is 18.7 Å². The number of nitrogens with zero attached hydrogens (tertiary/aromatic N) is 5. The van der Waals surface area contributed by atoms with Gasteiger partial charge in [0.2, 0.25) is 5.91 Å². The molecule has 0 radical (unpaired) electrons. The lowest BCUT2D eigenvalue weighted by Gasteiger charge is -2.26. The Kier molecular flexibility index (Phi) is 4.59. The summed E-state index contributed by atoms with van der Waals surface area (Å²) >= 11 is 0. The van der Waals surface area contributed by atoms with Gasteiger partial charge in [0.05, 0.1) is 26.0 Å². The molecular formula is C18H19N5O4. The molecule has 0 bridgehead atoms. The van der Waals surface area contributed by atoms with Gasteiger partial charge in [-0.3, -0.25) is 9.59 Å². The molecule has 1 aliphatic rings. The Balaban J connectivity index is 1.61. The van der Waals surface area contributed by atoms with Gasteiger partial charge in [0.25, 0.3) is 5.56 Å². The molecule has 0 saturated carbocycles. The third-order valence-corrected chi connectivity index (χ3v) is 4.52. The molecule has 9 nitrogen and oxygen atoms in total. The molecule has 0 aliphatic carbocycles. The second-order valence-electron chi connectivity index (χ2n) is 6.17. The minimum atomic E-state index is -0.355. The SMILES string of the molecule is COc1ccc(-c2cc3c(=O)n(CC(=O)N4CCOCC4)ncn3n2)cc1. The number of carbonyl (C=O) groups is 1. The summed E-state index contributed by atoms with van der Waals surface area (Å²) in [6.45, 7) is 1.99. The highest BCUT2D eigenvalue weighted by Crippen LogP contribution is 2.21. The van der Waals surface area contributed by atoms with Gasteiger partial charge >= 0.3 is 0 Å². The predicted molar refractivity (Wildman–Crippen MR) is 96.6 cm³/mol. The molecule has 140 valence electrons. The van der Waals surface area contributed by atoms with Crippen molar-refractivity contribution in [2.24, 2.45) is 0 Å². The lowest BCUT2D eigenvalue weighted by atomic mass is 10.1. The van der Waals surface area contributed by atoms with Gasteiger partial charge in [0.15, 0.2) is 0 Å². The number of ether oxygens (including phenoxy) is 2. The number of fused-ring (bicyclic) bond motifs is 1. The van der Waals surface area contributed by atoms with Crippen LogP contribution in [-0.4, -0.2) is 63.6 Å². The largest absolute Gasteiger partial charge is 0.497 e. The van der Waals surface area contributed by atoms with E-state index in [0.717, 1.165) is 11.3 Å². The third kappa shape index (κ3) is 3.41. The fraction of sp³-hybridized carbons (Fsp3) is 0.333. The zero-order chi connectivity index (χ0) is 18.8. The molecule has 1 aliphatic heterocycles. The van der Waals surface area contributed by atoms with E-state index in [0.29, 0.717) is 37.5 Å². The van der Waals surface area contributed by atoms with Crippen molar-refractivity contribution in [1.29, 1.82) is 0 Å². The van der Waals surface area contributed by atoms with Crippen molar-refractivity contribution in [2.45, 2.75) is 6.54 Å². The number of amides is 1. The molecule has 0 spiro atoms. The van der Waals surface area contributed by atoms with Gasteiger partial charge in [-0.05, 0) is 30.3 Å². The second kappa shape index (κ2) is 7.20. The van der Waals surface area contributed by atoms with E-state index in [4.69, 9.17) is 9.47 Å². The van der Waals surface area contributed by atoms with Crippen LogP contribution < -0.4 is 10.3 Å². The van der Waals surface area contributed by atoms with Crippen LogP contribution in [-0.2, 0) is 16.1 Å². The molecule has 0 atom stereocenters. The van der Waals surface area contributed by atoms with Crippen molar-refractivity contribution in [3.63, 3.8) is 0 Å². The molecule has 0 unspecified atom stereocenters. The van der Waals surface area contributed by atoms with E-state index in [9.17, 15) is 9.59 Å². The standard InChI is InChI=1S/C18H19N5O4/c1-26-14-4-2-13(3-5-14)15-10-16-18(25)22(19-12-23(16)20-15)11-17(24)21-6-8-27-9-7-21/h2-5,10,12H,6-9,11H2,1H3. The molecule has 2 aromatic heterocycles. The molecule has 4 rings (SSSR count). The monoisotopic (exact) mass is 369 g/mol. The number of hydrogen-bond donors (Lipinski definition) is 0. The molecule has 1 fully saturated rings. The Hall–Kier alpha value is -3.20. The van der Waals surface area contributed by atoms with Gasteiger partial charge in [0.1, 0.15) is 24.1 Å². The smallest absolute Gasteiger partial charge is 0.293 e. The summed E-state index contributed by atoms with van der Waals surface area (Å²) in [5, 5.41) is 8.48. The molecule has 9 heteroatoms. The number of morpholine rings is 1. The normalized spacial score (nSPS) is 14.5. The van der Waals surface area contributed by atoms with Crippen LogP contribution in [0.5, 0.6) is 5.75 Å². The van der Waals surface area contributed by atoms with E-state index in [2.05, 4.69) is 10.2 Å². The Morgan fingerprint density at radius 1 is 1.22 bits per heavy atom. The Labute approximate surface area is 154 Å². The minimum absolute atomic E-state index is 0.0988. The molecule has 1 amide bonds. The maximum Gasteiger partial charge on any atom is 0.293 e. The van der Waals surface area contributed by atoms with E-state index in [1.807, 2.05) is 24.3 Å². The average molecular weight is 369 g/mol. The van der Waals surface area contributed by atoms with Crippen molar-refractivity contribution in [1.82, 2.24) is 24.3 Å². The highest BCUT2D eigenvalue weighted by atomic mass is 16.5. The molecule has 1 aromatic carbocycles. The molecule has 0 N–H and O–H groups in total. The minimum Gasteiger partial charge on any atom is -0.497 e. The van der Waals surface area contributed by atoms with Crippen molar-refractivity contribution in [3.8, 4) is 17.0 Å². The first-order chi connectivity index (χ1) is 13.2. The van der Waals surface area contributed by atoms with Crippen LogP contribution in [0, 0.1) is 0 Å². The van der Waals surface area contributed by atoms with E-state index in [1.165, 1.54) is 15.5 Å². The predicted octanol–water partition coefficient (Wildman–Crippen LogP) is 0.425. The van der Waals surface area contributed by atoms with Crippen LogP contribution in [0.25, 0.3) is 16.8 Å². The van der Waals surface area contributed by atoms with Crippen LogP contribution in [0.2, 0.25) is 0 Å². The Bertz CT molecular complexity index is 1020. The number of carbonyl (C=O) groups excluding carboxylic acids is 1. The lowest BCUT2D eigenvalue weighted by Crippen LogP contribution is -2.43. The fourth-order valence-corrected chi connectivity index (χ4v) is 2.99. The van der Waals surface area contributed by atoms with Gasteiger partial charge < -0.3 is 14.4 Å². The summed E-state index contributed by atoms with van der Waals surface area (Å²) in [5.41, 5.74) is 1.51. The summed E-state index contributed by atoms with van der Waals surface area (Å²) in [6.07, 6.45) is 1.44. The Morgan fingerprint density at radius 2 is 1.96 bits per heavy atom. The quantitative estimate of drug-likeness (QED) is 0.662. The maximum atomic E-state index is 12.7. The lowest BCUT2D eigenvalue weighted by molar-refractivity contribution is -0.136. The number of rotatable bonds is 4. The summed E-state index contributed by atoms with van der Waals surface area (Å²) < 4.78 is 13.0. The first kappa shape index (κ1) is 17.2. The first-order valence-corrected chi connectivity index (χ1v) is 8.61. The van der Waals surface area contributed by atoms with E-state index >= 15 is 0 Å². The van der Waals surface area contributed by atoms with Crippen LogP contribution >= 0.6 is 0 Å². The molecule has 3 heterocycles. The number of methoxy groups -OCH3 is 1. The van der Waals surface area contributed by atoms with Gasteiger partial charge in [-0.2, -0.15) is 10.2 Å². The molecule has 3 aromatic rings. The highest BCUT2D eigenvalue weighted by Gasteiger charge is 2.19. The number of hydrogen-bond acceptors (Lipinski definition) is 6. The second-order valence-corrected chi connectivity index (χ2v) is 6.17. The summed E-state index contributed by atoms with van der Waals surface area (Å²) in [5.74, 6) is 0.598. The average Bonchev–Trinajstić information content (AvgIpc) is 3.16. The third-order valence-electron chi connectivity index (χ3n) is 4.52. The van der Waals surface area contributed by atoms with Crippen LogP contribution in [0.1, 0.15) is 0 Å². The van der Waals surface area contributed by atoms with E-state index in [1.54, 1.807) is 18.1 Å². The topological polar surface area (TPSA) is 91.0 Å². The van der Waals surface area contributed by atoms with Crippen molar-refractivity contribution in [3.05, 3.63) is 47.0 Å². The summed E-state index contributed by atoms with van der Waals surface area (Å²) in [4.78, 5) is 26.8.